The molecule has 18 heavy (non-hydrogen) atoms. The molecule has 0 unspecified atom stereocenters. The van der Waals surface area contributed by atoms with Crippen LogP contribution in [0.3, 0.4) is 0 Å². The quantitative estimate of drug-likeness (QED) is 0.837. The molecule has 0 spiro atoms. The smallest absolute Gasteiger partial charge is 0.210 e. The van der Waals surface area contributed by atoms with Crippen LogP contribution in [-0.2, 0) is 0 Å². The van der Waals surface area contributed by atoms with Crippen molar-refractivity contribution in [2.24, 2.45) is 0 Å². The van der Waals surface area contributed by atoms with Crippen molar-refractivity contribution in [3.05, 3.63) is 41.7 Å². The van der Waals surface area contributed by atoms with Crippen LogP contribution in [0, 0.1) is 5.82 Å². The molecule has 1 N–H and O–H groups in total. The van der Waals surface area contributed by atoms with E-state index < -0.39 is 0 Å². The van der Waals surface area contributed by atoms with Crippen LogP contribution < -0.4 is 5.32 Å². The summed E-state index contributed by atoms with van der Waals surface area (Å²) in [6.45, 7) is 0. The first kappa shape index (κ1) is 13.3. The van der Waals surface area contributed by atoms with Gasteiger partial charge < -0.3 is 5.32 Å². The highest BCUT2D eigenvalue weighted by atomic mass is 35.5. The second-order valence-corrected chi connectivity index (χ2v) is 5.67. The largest absolute Gasteiger partial charge is 0.330 e. The van der Waals surface area contributed by atoms with Crippen molar-refractivity contribution >= 4 is 45.5 Å². The molecular formula is C11H9ClFN3S2. The number of halogens is 2. The predicted octanol–water partition coefficient (Wildman–Crippen LogP) is 4.27. The monoisotopic (exact) mass is 301 g/mol. The van der Waals surface area contributed by atoms with Crippen LogP contribution in [0.25, 0.3) is 0 Å². The number of hydrogen-bond donors (Lipinski definition) is 1. The van der Waals surface area contributed by atoms with E-state index in [0.29, 0.717) is 5.13 Å². The van der Waals surface area contributed by atoms with Crippen molar-refractivity contribution in [1.29, 1.82) is 0 Å². The van der Waals surface area contributed by atoms with E-state index in [-0.39, 0.29) is 5.82 Å². The van der Waals surface area contributed by atoms with E-state index in [1.54, 1.807) is 23.9 Å². The third kappa shape index (κ3) is 3.97. The van der Waals surface area contributed by atoms with Crippen molar-refractivity contribution in [3.63, 3.8) is 0 Å². The maximum absolute atomic E-state index is 12.7. The Labute approximate surface area is 117 Å². The number of hydrogen-bond acceptors (Lipinski definition) is 5. The normalized spacial score (nSPS) is 11.0. The van der Waals surface area contributed by atoms with E-state index in [1.165, 1.54) is 29.0 Å². The minimum atomic E-state index is -0.262. The first-order chi connectivity index (χ1) is 8.78. The molecule has 0 amide bonds. The van der Waals surface area contributed by atoms with E-state index in [9.17, 15) is 4.39 Å². The van der Waals surface area contributed by atoms with Crippen LogP contribution in [0.2, 0.25) is 0 Å². The summed E-state index contributed by atoms with van der Waals surface area (Å²) in [6.07, 6.45) is 1.83. The molecule has 0 aliphatic carbocycles. The predicted molar refractivity (Wildman–Crippen MR) is 75.3 cm³/mol. The Balaban J connectivity index is 1.95. The number of thioether (sulfide) groups is 1. The lowest BCUT2D eigenvalue weighted by Gasteiger charge is -2.00. The zero-order valence-electron chi connectivity index (χ0n) is 9.14. The van der Waals surface area contributed by atoms with Crippen LogP contribution in [0.1, 0.15) is 0 Å². The molecule has 0 saturated heterocycles. The average Bonchev–Trinajstić information content (AvgIpc) is 2.80. The third-order valence-electron chi connectivity index (χ3n) is 1.89. The van der Waals surface area contributed by atoms with Gasteiger partial charge in [-0.2, -0.15) is 0 Å². The van der Waals surface area contributed by atoms with Crippen LogP contribution >= 0.6 is 34.7 Å². The Hall–Kier alpha value is -1.11. The van der Waals surface area contributed by atoms with Gasteiger partial charge in [0.25, 0.3) is 0 Å². The van der Waals surface area contributed by atoms with Gasteiger partial charge in [-0.3, -0.25) is 0 Å². The zero-order chi connectivity index (χ0) is 12.8. The highest BCUT2D eigenvalue weighted by Crippen LogP contribution is 2.27. The number of rotatable bonds is 5. The molecule has 1 heterocycles. The lowest BCUT2D eigenvalue weighted by Crippen LogP contribution is -1.89. The molecule has 2 aromatic rings. The van der Waals surface area contributed by atoms with E-state index in [1.807, 2.05) is 6.08 Å². The standard InChI is InChI=1S/C11H9ClFN3S2/c12-6-1-7-17-11-16-15-10(18-11)14-9-4-2-8(13)3-5-9/h1-6H,7H2,(H,14,15)/b6-1+. The third-order valence-corrected chi connectivity index (χ3v) is 4.00. The van der Waals surface area contributed by atoms with Crippen LogP contribution in [-0.4, -0.2) is 16.0 Å². The molecule has 0 fully saturated rings. The lowest BCUT2D eigenvalue weighted by molar-refractivity contribution is 0.628. The SMILES string of the molecule is Fc1ccc(Nc2nnc(SC/C=C/Cl)s2)cc1. The summed E-state index contributed by atoms with van der Waals surface area (Å²) < 4.78 is 13.6. The van der Waals surface area contributed by atoms with Gasteiger partial charge in [-0.05, 0) is 24.3 Å². The summed E-state index contributed by atoms with van der Waals surface area (Å²) in [4.78, 5) is 0. The van der Waals surface area contributed by atoms with Gasteiger partial charge in [0.1, 0.15) is 5.82 Å². The van der Waals surface area contributed by atoms with Crippen LogP contribution in [0.5, 0.6) is 0 Å². The molecular weight excluding hydrogens is 293 g/mol. The van der Waals surface area contributed by atoms with Gasteiger partial charge in [0.2, 0.25) is 5.13 Å². The Bertz CT molecular complexity index is 527. The maximum Gasteiger partial charge on any atom is 0.210 e. The van der Waals surface area contributed by atoms with Crippen molar-refractivity contribution in [2.45, 2.75) is 4.34 Å². The van der Waals surface area contributed by atoms with Gasteiger partial charge >= 0.3 is 0 Å². The number of anilines is 2. The highest BCUT2D eigenvalue weighted by molar-refractivity contribution is 8.01. The molecule has 2 rings (SSSR count). The van der Waals surface area contributed by atoms with Crippen molar-refractivity contribution in [2.75, 3.05) is 11.1 Å². The summed E-state index contributed by atoms with van der Waals surface area (Å²) >= 11 is 8.42. The molecule has 0 atom stereocenters. The first-order valence-corrected chi connectivity index (χ1v) is 7.26. The zero-order valence-corrected chi connectivity index (χ0v) is 11.5. The van der Waals surface area contributed by atoms with Gasteiger partial charge in [0.15, 0.2) is 4.34 Å². The molecule has 0 bridgehead atoms. The summed E-state index contributed by atoms with van der Waals surface area (Å²) in [5.41, 5.74) is 2.26. The number of benzene rings is 1. The molecule has 1 aromatic heterocycles. The fraction of sp³-hybridized carbons (Fsp3) is 0.0909. The van der Waals surface area contributed by atoms with Gasteiger partial charge in [-0.25, -0.2) is 4.39 Å². The summed E-state index contributed by atoms with van der Waals surface area (Å²) in [5.74, 6) is 0.497. The molecule has 3 nitrogen and oxygen atoms in total. The Morgan fingerprint density at radius 3 is 2.83 bits per heavy atom. The Kier molecular flexibility index (Phi) is 4.98. The second-order valence-electron chi connectivity index (χ2n) is 3.18. The highest BCUT2D eigenvalue weighted by Gasteiger charge is 2.04. The lowest BCUT2D eigenvalue weighted by atomic mass is 10.3. The molecule has 0 saturated carbocycles. The fourth-order valence-electron chi connectivity index (χ4n) is 1.13. The Morgan fingerprint density at radius 2 is 2.11 bits per heavy atom. The topological polar surface area (TPSA) is 37.8 Å². The van der Waals surface area contributed by atoms with E-state index in [4.69, 9.17) is 11.6 Å². The van der Waals surface area contributed by atoms with Crippen molar-refractivity contribution in [1.82, 2.24) is 10.2 Å². The minimum Gasteiger partial charge on any atom is -0.330 e. The van der Waals surface area contributed by atoms with E-state index >= 15 is 0 Å². The minimum absolute atomic E-state index is 0.262. The molecule has 7 heteroatoms. The first-order valence-electron chi connectivity index (χ1n) is 5.02. The average molecular weight is 302 g/mol. The van der Waals surface area contributed by atoms with Crippen molar-refractivity contribution in [3.8, 4) is 0 Å². The fourth-order valence-corrected chi connectivity index (χ4v) is 2.93. The summed E-state index contributed by atoms with van der Waals surface area (Å²) in [7, 11) is 0. The number of nitrogens with one attached hydrogen (secondary N) is 1. The van der Waals surface area contributed by atoms with Gasteiger partial charge in [0.05, 0.1) is 0 Å². The van der Waals surface area contributed by atoms with Crippen molar-refractivity contribution < 1.29 is 4.39 Å². The Morgan fingerprint density at radius 1 is 1.33 bits per heavy atom. The van der Waals surface area contributed by atoms with Gasteiger partial charge in [-0.15, -0.1) is 10.2 Å². The van der Waals surface area contributed by atoms with Gasteiger partial charge in [-0.1, -0.05) is 40.8 Å². The molecule has 1 aromatic carbocycles. The van der Waals surface area contributed by atoms with E-state index in [2.05, 4.69) is 15.5 Å². The second kappa shape index (κ2) is 6.72. The van der Waals surface area contributed by atoms with Crippen LogP contribution in [0.4, 0.5) is 15.2 Å². The van der Waals surface area contributed by atoms with Gasteiger partial charge in [0, 0.05) is 17.0 Å². The maximum atomic E-state index is 12.7. The number of nitrogens with zero attached hydrogens (tertiary/aromatic N) is 2. The number of aromatic nitrogens is 2. The molecule has 0 aliphatic rings. The van der Waals surface area contributed by atoms with E-state index in [0.717, 1.165) is 15.8 Å². The molecule has 94 valence electrons. The summed E-state index contributed by atoms with van der Waals surface area (Å²) in [6, 6.07) is 6.09. The van der Waals surface area contributed by atoms with Crippen LogP contribution in [0.15, 0.2) is 40.2 Å². The summed E-state index contributed by atoms with van der Waals surface area (Å²) in [5, 5.41) is 11.8. The molecule has 0 radical (unpaired) electrons. The molecule has 0 aliphatic heterocycles.